The summed E-state index contributed by atoms with van der Waals surface area (Å²) in [5.74, 6) is 0.344. The first-order chi connectivity index (χ1) is 15.0. The summed E-state index contributed by atoms with van der Waals surface area (Å²) in [7, 11) is 0. The predicted molar refractivity (Wildman–Crippen MR) is 113 cm³/mol. The Hall–Kier alpha value is -2.12. The number of nitrogens with zero attached hydrogens (tertiary/aromatic N) is 4. The van der Waals surface area contributed by atoms with E-state index < -0.39 is 0 Å². The highest BCUT2D eigenvalue weighted by Gasteiger charge is 2.55. The molecular formula is C23H26ClFN4O2. The highest BCUT2D eigenvalue weighted by molar-refractivity contribution is 6.31. The van der Waals surface area contributed by atoms with Crippen LogP contribution in [0.2, 0.25) is 5.02 Å². The number of carbonyl (C=O) groups excluding carboxylic acids is 1. The molecule has 0 N–H and O–H groups in total. The van der Waals surface area contributed by atoms with Gasteiger partial charge in [0.25, 0.3) is 0 Å². The molecule has 2 saturated heterocycles. The quantitative estimate of drug-likeness (QED) is 0.694. The van der Waals surface area contributed by atoms with Crippen molar-refractivity contribution in [2.24, 2.45) is 5.41 Å². The van der Waals surface area contributed by atoms with Crippen molar-refractivity contribution in [1.29, 1.82) is 0 Å². The summed E-state index contributed by atoms with van der Waals surface area (Å²) in [6.45, 7) is 3.25. The summed E-state index contributed by atoms with van der Waals surface area (Å²) in [4.78, 5) is 21.1. The zero-order chi connectivity index (χ0) is 21.2. The van der Waals surface area contributed by atoms with E-state index >= 15 is 0 Å². The third-order valence-electron chi connectivity index (χ3n) is 7.31. The normalized spacial score (nSPS) is 22.9. The highest BCUT2D eigenvalue weighted by Crippen LogP contribution is 2.54. The molecule has 2 aliphatic carbocycles. The van der Waals surface area contributed by atoms with Crippen molar-refractivity contribution in [3.63, 3.8) is 0 Å². The van der Waals surface area contributed by atoms with Gasteiger partial charge >= 0.3 is 6.03 Å². The first-order valence-electron chi connectivity index (χ1n) is 11.1. The van der Waals surface area contributed by atoms with Crippen LogP contribution in [0, 0.1) is 11.2 Å². The number of ether oxygens (including phenoxy) is 1. The second-order valence-electron chi connectivity index (χ2n) is 9.79. The maximum atomic E-state index is 13.1. The van der Waals surface area contributed by atoms with E-state index in [1.807, 2.05) is 16.1 Å². The Labute approximate surface area is 185 Å². The van der Waals surface area contributed by atoms with Gasteiger partial charge in [-0.2, -0.15) is 0 Å². The van der Waals surface area contributed by atoms with E-state index in [2.05, 4.69) is 15.7 Å². The zero-order valence-corrected chi connectivity index (χ0v) is 18.1. The number of aromatic nitrogens is 2. The molecule has 1 spiro atoms. The van der Waals surface area contributed by atoms with Gasteiger partial charge in [-0.3, -0.25) is 0 Å². The lowest BCUT2D eigenvalue weighted by atomic mass is 9.60. The van der Waals surface area contributed by atoms with Gasteiger partial charge in [-0.25, -0.2) is 14.2 Å². The number of amides is 2. The molecule has 2 aromatic rings. The fourth-order valence-electron chi connectivity index (χ4n) is 5.20. The van der Waals surface area contributed by atoms with Crippen LogP contribution in [0.15, 0.2) is 30.7 Å². The van der Waals surface area contributed by atoms with Crippen LogP contribution >= 0.6 is 11.6 Å². The molecule has 0 bridgehead atoms. The van der Waals surface area contributed by atoms with Crippen LogP contribution in [-0.2, 0) is 11.3 Å². The lowest BCUT2D eigenvalue weighted by molar-refractivity contribution is -0.0907. The molecule has 1 aromatic carbocycles. The second kappa shape index (κ2) is 7.20. The molecule has 2 saturated carbocycles. The number of benzene rings is 1. The first-order valence-corrected chi connectivity index (χ1v) is 11.5. The molecule has 4 aliphatic rings. The van der Waals surface area contributed by atoms with Crippen LogP contribution in [0.4, 0.5) is 9.18 Å². The third kappa shape index (κ3) is 3.61. The number of urea groups is 1. The SMILES string of the molecule is O=C(N1CC(OCc2ccc(F)cc2Cl)C1)N1CC2(CC(n3cnc(C4CC4)c3)C2)C1. The number of imidazole rings is 1. The average molecular weight is 445 g/mol. The van der Waals surface area contributed by atoms with E-state index in [1.54, 1.807) is 6.07 Å². The van der Waals surface area contributed by atoms with Crippen molar-refractivity contribution < 1.29 is 13.9 Å². The Morgan fingerprint density at radius 3 is 2.71 bits per heavy atom. The van der Waals surface area contributed by atoms with Gasteiger partial charge in [0.15, 0.2) is 0 Å². The molecule has 4 fully saturated rings. The van der Waals surface area contributed by atoms with Gasteiger partial charge in [-0.1, -0.05) is 17.7 Å². The Balaban J connectivity index is 0.927. The summed E-state index contributed by atoms with van der Waals surface area (Å²) in [6.07, 6.45) is 9.08. The van der Waals surface area contributed by atoms with Gasteiger partial charge in [0.05, 0.1) is 37.8 Å². The largest absolute Gasteiger partial charge is 0.370 e. The van der Waals surface area contributed by atoms with Gasteiger partial charge in [-0.05, 0) is 43.4 Å². The summed E-state index contributed by atoms with van der Waals surface area (Å²) in [6, 6.07) is 4.97. The number of hydrogen-bond donors (Lipinski definition) is 0. The molecule has 6 rings (SSSR count). The van der Waals surface area contributed by atoms with Crippen molar-refractivity contribution in [1.82, 2.24) is 19.4 Å². The van der Waals surface area contributed by atoms with E-state index in [4.69, 9.17) is 16.3 Å². The summed E-state index contributed by atoms with van der Waals surface area (Å²) < 4.78 is 21.2. The molecule has 31 heavy (non-hydrogen) atoms. The Morgan fingerprint density at radius 1 is 1.23 bits per heavy atom. The molecule has 0 atom stereocenters. The standard InChI is InChI=1S/C23H26ClFN4O2/c24-20-5-17(25)4-3-16(20)11-31-19-8-27(9-19)22(30)29-12-23(13-29)6-18(7-23)28-10-21(26-14-28)15-1-2-15/h3-5,10,14-15,18-19H,1-2,6-9,11-13H2. The first kappa shape index (κ1) is 19.6. The minimum Gasteiger partial charge on any atom is -0.370 e. The van der Waals surface area contributed by atoms with Crippen LogP contribution in [-0.4, -0.2) is 57.7 Å². The summed E-state index contributed by atoms with van der Waals surface area (Å²) in [5, 5.41) is 0.372. The topological polar surface area (TPSA) is 50.6 Å². The van der Waals surface area contributed by atoms with Crippen molar-refractivity contribution in [2.45, 2.75) is 50.4 Å². The number of rotatable bonds is 5. The van der Waals surface area contributed by atoms with E-state index in [0.29, 0.717) is 42.1 Å². The number of likely N-dealkylation sites (tertiary alicyclic amines) is 2. The van der Waals surface area contributed by atoms with Gasteiger partial charge in [-0.15, -0.1) is 0 Å². The fraction of sp³-hybridized carbons (Fsp3) is 0.565. The second-order valence-corrected chi connectivity index (χ2v) is 10.2. The van der Waals surface area contributed by atoms with Gasteiger partial charge in [0.2, 0.25) is 0 Å². The zero-order valence-electron chi connectivity index (χ0n) is 17.3. The lowest BCUT2D eigenvalue weighted by Gasteiger charge is -2.60. The molecule has 0 radical (unpaired) electrons. The molecule has 2 aliphatic heterocycles. The van der Waals surface area contributed by atoms with Crippen molar-refractivity contribution in [3.05, 3.63) is 52.8 Å². The molecular weight excluding hydrogens is 419 g/mol. The van der Waals surface area contributed by atoms with Crippen LogP contribution in [0.5, 0.6) is 0 Å². The van der Waals surface area contributed by atoms with E-state index in [0.717, 1.165) is 31.5 Å². The molecule has 0 unspecified atom stereocenters. The lowest BCUT2D eigenvalue weighted by Crippen LogP contribution is -2.68. The molecule has 8 heteroatoms. The summed E-state index contributed by atoms with van der Waals surface area (Å²) in [5.41, 5.74) is 2.33. The van der Waals surface area contributed by atoms with Crippen LogP contribution < -0.4 is 0 Å². The minimum absolute atomic E-state index is 0.00953. The van der Waals surface area contributed by atoms with E-state index in [-0.39, 0.29) is 18.0 Å². The Kier molecular flexibility index (Phi) is 4.54. The van der Waals surface area contributed by atoms with Gasteiger partial charge in [0.1, 0.15) is 5.82 Å². The molecule has 6 nitrogen and oxygen atoms in total. The van der Waals surface area contributed by atoms with E-state index in [9.17, 15) is 9.18 Å². The Morgan fingerprint density at radius 2 is 2.00 bits per heavy atom. The number of hydrogen-bond acceptors (Lipinski definition) is 3. The minimum atomic E-state index is -0.354. The monoisotopic (exact) mass is 444 g/mol. The third-order valence-corrected chi connectivity index (χ3v) is 7.66. The van der Waals surface area contributed by atoms with Crippen LogP contribution in [0.25, 0.3) is 0 Å². The maximum absolute atomic E-state index is 13.1. The number of halogens is 2. The molecule has 2 amide bonds. The Bertz CT molecular complexity index is 1000. The van der Waals surface area contributed by atoms with Crippen molar-refractivity contribution in [3.8, 4) is 0 Å². The molecule has 3 heterocycles. The predicted octanol–water partition coefficient (Wildman–Crippen LogP) is 4.21. The van der Waals surface area contributed by atoms with Crippen LogP contribution in [0.3, 0.4) is 0 Å². The van der Waals surface area contributed by atoms with Crippen molar-refractivity contribution >= 4 is 17.6 Å². The fourth-order valence-corrected chi connectivity index (χ4v) is 5.42. The summed E-state index contributed by atoms with van der Waals surface area (Å²) >= 11 is 6.04. The smallest absolute Gasteiger partial charge is 0.320 e. The maximum Gasteiger partial charge on any atom is 0.320 e. The highest BCUT2D eigenvalue weighted by atomic mass is 35.5. The molecule has 164 valence electrons. The average Bonchev–Trinajstić information content (AvgIpc) is 3.38. The van der Waals surface area contributed by atoms with Gasteiger partial charge < -0.3 is 19.1 Å². The van der Waals surface area contributed by atoms with E-state index in [1.165, 1.54) is 30.7 Å². The van der Waals surface area contributed by atoms with Gasteiger partial charge in [0, 0.05) is 41.7 Å². The van der Waals surface area contributed by atoms with Crippen molar-refractivity contribution in [2.75, 3.05) is 26.2 Å². The van der Waals surface area contributed by atoms with Crippen LogP contribution in [0.1, 0.15) is 48.9 Å². The molecule has 1 aromatic heterocycles. The number of carbonyl (C=O) groups is 1.